The van der Waals surface area contributed by atoms with Gasteiger partial charge in [-0.3, -0.25) is 0 Å². The molecule has 0 saturated carbocycles. The van der Waals surface area contributed by atoms with Gasteiger partial charge in [-0.15, -0.1) is 0 Å². The molecule has 94 valence electrons. The van der Waals surface area contributed by atoms with Gasteiger partial charge in [-0.05, 0) is 43.4 Å². The highest BCUT2D eigenvalue weighted by atomic mass is 16.5. The molecule has 0 bridgehead atoms. The van der Waals surface area contributed by atoms with E-state index < -0.39 is 0 Å². The van der Waals surface area contributed by atoms with E-state index in [2.05, 4.69) is 12.1 Å². The lowest BCUT2D eigenvalue weighted by molar-refractivity contribution is 0.0983. The van der Waals surface area contributed by atoms with Crippen molar-refractivity contribution >= 4 is 0 Å². The second kappa shape index (κ2) is 6.03. The molecule has 1 fully saturated rings. The summed E-state index contributed by atoms with van der Waals surface area (Å²) in [6.45, 7) is 0.903. The minimum Gasteiger partial charge on any atom is -0.497 e. The van der Waals surface area contributed by atoms with Gasteiger partial charge in [-0.25, -0.2) is 0 Å². The third-order valence-electron chi connectivity index (χ3n) is 3.25. The second-order valence-electron chi connectivity index (χ2n) is 4.68. The first-order valence-electron chi connectivity index (χ1n) is 6.28. The van der Waals surface area contributed by atoms with E-state index in [0.717, 1.165) is 31.6 Å². The highest BCUT2D eigenvalue weighted by Gasteiger charge is 2.18. The molecule has 1 saturated heterocycles. The highest BCUT2D eigenvalue weighted by Crippen LogP contribution is 2.18. The van der Waals surface area contributed by atoms with E-state index in [1.165, 1.54) is 12.0 Å². The van der Waals surface area contributed by atoms with Crippen molar-refractivity contribution in [3.8, 4) is 5.75 Å². The molecule has 3 nitrogen and oxygen atoms in total. The van der Waals surface area contributed by atoms with Gasteiger partial charge in [0, 0.05) is 12.6 Å². The molecule has 2 N–H and O–H groups in total. The van der Waals surface area contributed by atoms with Crippen LogP contribution in [0, 0.1) is 0 Å². The van der Waals surface area contributed by atoms with Gasteiger partial charge < -0.3 is 15.2 Å². The molecule has 0 spiro atoms. The first-order chi connectivity index (χ1) is 8.28. The van der Waals surface area contributed by atoms with Crippen LogP contribution in [0.2, 0.25) is 0 Å². The second-order valence-corrected chi connectivity index (χ2v) is 4.68. The Hall–Kier alpha value is -1.06. The number of nitrogens with two attached hydrogens (primary N) is 1. The first kappa shape index (κ1) is 12.4. The molecule has 0 amide bonds. The topological polar surface area (TPSA) is 44.5 Å². The maximum atomic E-state index is 6.14. The Balaban J connectivity index is 1.81. The van der Waals surface area contributed by atoms with Crippen molar-refractivity contribution in [3.05, 3.63) is 29.8 Å². The maximum Gasteiger partial charge on any atom is 0.118 e. The zero-order valence-electron chi connectivity index (χ0n) is 10.4. The molecule has 1 aliphatic heterocycles. The fourth-order valence-corrected chi connectivity index (χ4v) is 2.32. The summed E-state index contributed by atoms with van der Waals surface area (Å²) in [6.07, 6.45) is 4.59. The van der Waals surface area contributed by atoms with E-state index in [1.54, 1.807) is 7.11 Å². The molecule has 1 aromatic carbocycles. The van der Waals surface area contributed by atoms with E-state index >= 15 is 0 Å². The lowest BCUT2D eigenvalue weighted by atomic mass is 10.0. The predicted octanol–water partition coefficient (Wildman–Crippen LogP) is 2.13. The van der Waals surface area contributed by atoms with E-state index in [-0.39, 0.29) is 6.04 Å². The Morgan fingerprint density at radius 2 is 2.18 bits per heavy atom. The molecule has 17 heavy (non-hydrogen) atoms. The smallest absolute Gasteiger partial charge is 0.118 e. The monoisotopic (exact) mass is 235 g/mol. The minimum absolute atomic E-state index is 0.187. The van der Waals surface area contributed by atoms with Crippen LogP contribution in [-0.4, -0.2) is 25.9 Å². The average molecular weight is 235 g/mol. The zero-order valence-corrected chi connectivity index (χ0v) is 10.4. The summed E-state index contributed by atoms with van der Waals surface area (Å²) in [5, 5.41) is 0. The summed E-state index contributed by atoms with van der Waals surface area (Å²) < 4.78 is 10.7. The standard InChI is InChI=1S/C14H21NO2/c1-16-13-6-4-11(5-7-13)9-12(15)10-14-3-2-8-17-14/h4-7,12,14H,2-3,8-10,15H2,1H3. The molecule has 1 heterocycles. The molecule has 0 radical (unpaired) electrons. The summed E-state index contributed by atoms with van der Waals surface area (Å²) in [5.41, 5.74) is 7.41. The fourth-order valence-electron chi connectivity index (χ4n) is 2.32. The van der Waals surface area contributed by atoms with Crippen LogP contribution in [0.15, 0.2) is 24.3 Å². The van der Waals surface area contributed by atoms with Gasteiger partial charge in [-0.1, -0.05) is 12.1 Å². The molecule has 1 aliphatic rings. The summed E-state index contributed by atoms with van der Waals surface area (Å²) in [7, 11) is 1.68. The third-order valence-corrected chi connectivity index (χ3v) is 3.25. The SMILES string of the molecule is COc1ccc(CC(N)CC2CCCO2)cc1. The van der Waals surface area contributed by atoms with Crippen molar-refractivity contribution in [1.82, 2.24) is 0 Å². The maximum absolute atomic E-state index is 6.14. The number of hydrogen-bond acceptors (Lipinski definition) is 3. The minimum atomic E-state index is 0.187. The lowest BCUT2D eigenvalue weighted by Crippen LogP contribution is -2.28. The van der Waals surface area contributed by atoms with Crippen LogP contribution in [0.25, 0.3) is 0 Å². The molecule has 0 aromatic heterocycles. The van der Waals surface area contributed by atoms with Crippen LogP contribution in [-0.2, 0) is 11.2 Å². The Kier molecular flexibility index (Phi) is 4.40. The van der Waals surface area contributed by atoms with Gasteiger partial charge in [-0.2, -0.15) is 0 Å². The van der Waals surface area contributed by atoms with Crippen LogP contribution in [0.3, 0.4) is 0 Å². The van der Waals surface area contributed by atoms with Crippen LogP contribution < -0.4 is 10.5 Å². The first-order valence-corrected chi connectivity index (χ1v) is 6.28. The quantitative estimate of drug-likeness (QED) is 0.850. The average Bonchev–Trinajstić information content (AvgIpc) is 2.82. The van der Waals surface area contributed by atoms with Crippen molar-refractivity contribution in [1.29, 1.82) is 0 Å². The van der Waals surface area contributed by atoms with Crippen molar-refractivity contribution in [3.63, 3.8) is 0 Å². The number of benzene rings is 1. The van der Waals surface area contributed by atoms with Gasteiger partial charge in [0.1, 0.15) is 5.75 Å². The molecule has 2 atom stereocenters. The van der Waals surface area contributed by atoms with Crippen LogP contribution >= 0.6 is 0 Å². The van der Waals surface area contributed by atoms with Crippen molar-refractivity contribution in [2.45, 2.75) is 37.8 Å². The van der Waals surface area contributed by atoms with Gasteiger partial charge >= 0.3 is 0 Å². The molecule has 3 heteroatoms. The molecule has 2 rings (SSSR count). The van der Waals surface area contributed by atoms with E-state index in [4.69, 9.17) is 15.2 Å². The summed E-state index contributed by atoms with van der Waals surface area (Å²) in [6, 6.07) is 8.30. The van der Waals surface area contributed by atoms with Gasteiger partial charge in [0.2, 0.25) is 0 Å². The zero-order chi connectivity index (χ0) is 12.1. The third kappa shape index (κ3) is 3.72. The highest BCUT2D eigenvalue weighted by molar-refractivity contribution is 5.27. The van der Waals surface area contributed by atoms with Crippen molar-refractivity contribution in [2.75, 3.05) is 13.7 Å². The summed E-state index contributed by atoms with van der Waals surface area (Å²) in [5.74, 6) is 0.890. The normalized spacial score (nSPS) is 21.4. The number of rotatable bonds is 5. The van der Waals surface area contributed by atoms with E-state index in [1.807, 2.05) is 12.1 Å². The van der Waals surface area contributed by atoms with E-state index in [0.29, 0.717) is 6.10 Å². The Bertz CT molecular complexity index is 331. The fraction of sp³-hybridized carbons (Fsp3) is 0.571. The van der Waals surface area contributed by atoms with E-state index in [9.17, 15) is 0 Å². The summed E-state index contributed by atoms with van der Waals surface area (Å²) >= 11 is 0. The molecular weight excluding hydrogens is 214 g/mol. The largest absolute Gasteiger partial charge is 0.497 e. The van der Waals surface area contributed by atoms with Crippen molar-refractivity contribution < 1.29 is 9.47 Å². The Morgan fingerprint density at radius 1 is 1.41 bits per heavy atom. The predicted molar refractivity (Wildman–Crippen MR) is 68.3 cm³/mol. The van der Waals surface area contributed by atoms with Gasteiger partial charge in [0.25, 0.3) is 0 Å². The molecule has 1 aromatic rings. The van der Waals surface area contributed by atoms with Crippen LogP contribution in [0.1, 0.15) is 24.8 Å². The van der Waals surface area contributed by atoms with Crippen LogP contribution in [0.4, 0.5) is 0 Å². The number of methoxy groups -OCH3 is 1. The lowest BCUT2D eigenvalue weighted by Gasteiger charge is -2.16. The van der Waals surface area contributed by atoms with Gasteiger partial charge in [0.05, 0.1) is 13.2 Å². The molecule has 0 aliphatic carbocycles. The van der Waals surface area contributed by atoms with Crippen molar-refractivity contribution in [2.24, 2.45) is 5.73 Å². The molecular formula is C14H21NO2. The van der Waals surface area contributed by atoms with Crippen LogP contribution in [0.5, 0.6) is 5.75 Å². The Labute approximate surface area is 103 Å². The number of hydrogen-bond donors (Lipinski definition) is 1. The number of ether oxygens (including phenoxy) is 2. The summed E-state index contributed by atoms with van der Waals surface area (Å²) in [4.78, 5) is 0. The molecule has 2 unspecified atom stereocenters. The Morgan fingerprint density at radius 3 is 2.76 bits per heavy atom. The van der Waals surface area contributed by atoms with Gasteiger partial charge in [0.15, 0.2) is 0 Å².